The maximum Gasteiger partial charge on any atom is 0.404 e. The van der Waals surface area contributed by atoms with Crippen LogP contribution in [0.3, 0.4) is 0 Å². The number of carbonyl (C=O) groups is 1. The monoisotopic (exact) mass is 311 g/mol. The number of hydrogen-bond acceptors (Lipinski definition) is 2. The summed E-state index contributed by atoms with van der Waals surface area (Å²) < 4.78 is 6.07. The quantitative estimate of drug-likeness (QED) is 0.606. The highest BCUT2D eigenvalue weighted by Crippen LogP contribution is 2.37. The second-order valence-electron chi connectivity index (χ2n) is 5.34. The molecule has 0 fully saturated rings. The van der Waals surface area contributed by atoms with Crippen LogP contribution >= 0.6 is 15.9 Å². The van der Waals surface area contributed by atoms with E-state index in [4.69, 9.17) is 9.53 Å². The number of nitrogens with one attached hydrogen (secondary N) is 1. The highest BCUT2D eigenvalue weighted by Gasteiger charge is 2.38. The smallest absolute Gasteiger partial charge is 0.404 e. The van der Waals surface area contributed by atoms with E-state index in [0.717, 1.165) is 0 Å². The third-order valence-electron chi connectivity index (χ3n) is 2.92. The molecule has 0 radical (unpaired) electrons. The Bertz CT molecular complexity index is 241. The van der Waals surface area contributed by atoms with Gasteiger partial charge < -0.3 is 14.8 Å². The van der Waals surface area contributed by atoms with Crippen LogP contribution in [0.2, 0.25) is 18.1 Å². The van der Waals surface area contributed by atoms with E-state index in [0.29, 0.717) is 11.9 Å². The number of carboxylic acid groups (broad SMARTS) is 1. The normalized spacial score (nSPS) is 14.6. The van der Waals surface area contributed by atoms with Gasteiger partial charge in [-0.15, -0.1) is 0 Å². The van der Waals surface area contributed by atoms with Crippen LogP contribution in [0.5, 0.6) is 0 Å². The van der Waals surface area contributed by atoms with Gasteiger partial charge in [0.2, 0.25) is 0 Å². The number of rotatable bonds is 5. The van der Waals surface area contributed by atoms with Crippen molar-refractivity contribution in [3.05, 3.63) is 0 Å². The molecule has 0 saturated carbocycles. The summed E-state index contributed by atoms with van der Waals surface area (Å²) in [4.78, 5) is 10.4. The molecule has 96 valence electrons. The second-order valence-corrected chi connectivity index (χ2v) is 10.7. The molecule has 0 aromatic carbocycles. The minimum Gasteiger partial charge on any atom is -0.465 e. The molecule has 0 aromatic heterocycles. The van der Waals surface area contributed by atoms with Gasteiger partial charge in [0, 0.05) is 11.9 Å². The van der Waals surface area contributed by atoms with Crippen molar-refractivity contribution >= 4 is 30.3 Å². The number of amides is 1. The lowest BCUT2D eigenvalue weighted by atomic mass is 10.2. The van der Waals surface area contributed by atoms with Gasteiger partial charge in [-0.25, -0.2) is 4.79 Å². The fourth-order valence-electron chi connectivity index (χ4n) is 0.922. The van der Waals surface area contributed by atoms with Gasteiger partial charge in [0.1, 0.15) is 0 Å². The molecular formula is C10H22BrNO3Si. The first kappa shape index (κ1) is 15.9. The zero-order valence-electron chi connectivity index (χ0n) is 10.6. The van der Waals surface area contributed by atoms with Crippen LogP contribution in [-0.2, 0) is 4.43 Å². The van der Waals surface area contributed by atoms with Crippen molar-refractivity contribution in [3.8, 4) is 0 Å². The summed E-state index contributed by atoms with van der Waals surface area (Å²) in [5.74, 6) is 0. The Labute approximate surface area is 107 Å². The van der Waals surface area contributed by atoms with Crippen LogP contribution in [0.15, 0.2) is 0 Å². The molecule has 0 saturated heterocycles. The van der Waals surface area contributed by atoms with Crippen molar-refractivity contribution in [3.63, 3.8) is 0 Å². The lowest BCUT2D eigenvalue weighted by Gasteiger charge is -2.38. The van der Waals surface area contributed by atoms with Gasteiger partial charge in [0.15, 0.2) is 8.32 Å². The fourth-order valence-corrected chi connectivity index (χ4v) is 2.88. The molecule has 1 atom stereocenters. The summed E-state index contributed by atoms with van der Waals surface area (Å²) in [5, 5.41) is 11.7. The van der Waals surface area contributed by atoms with E-state index < -0.39 is 14.4 Å². The van der Waals surface area contributed by atoms with Crippen molar-refractivity contribution in [2.75, 3.05) is 11.9 Å². The van der Waals surface area contributed by atoms with Gasteiger partial charge in [0.25, 0.3) is 0 Å². The van der Waals surface area contributed by atoms with E-state index in [2.05, 4.69) is 55.1 Å². The molecule has 16 heavy (non-hydrogen) atoms. The second kappa shape index (κ2) is 6.02. The molecule has 4 nitrogen and oxygen atoms in total. The van der Waals surface area contributed by atoms with Crippen LogP contribution in [0.1, 0.15) is 20.8 Å². The van der Waals surface area contributed by atoms with Crippen molar-refractivity contribution in [1.82, 2.24) is 5.32 Å². The van der Waals surface area contributed by atoms with Gasteiger partial charge in [-0.1, -0.05) is 36.7 Å². The molecule has 2 N–H and O–H groups in total. The van der Waals surface area contributed by atoms with E-state index in [9.17, 15) is 4.79 Å². The summed E-state index contributed by atoms with van der Waals surface area (Å²) in [5.41, 5.74) is 0. The summed E-state index contributed by atoms with van der Waals surface area (Å²) in [6, 6.07) is 0. The average Bonchev–Trinajstić information content (AvgIpc) is 2.09. The van der Waals surface area contributed by atoms with Crippen LogP contribution < -0.4 is 5.32 Å². The van der Waals surface area contributed by atoms with Gasteiger partial charge >= 0.3 is 6.09 Å². The molecule has 0 aliphatic carbocycles. The molecule has 0 aromatic rings. The highest BCUT2D eigenvalue weighted by molar-refractivity contribution is 9.09. The molecule has 1 amide bonds. The molecule has 6 heteroatoms. The molecule has 0 bridgehead atoms. The molecule has 0 aliphatic heterocycles. The predicted molar refractivity (Wildman–Crippen MR) is 71.9 cm³/mol. The largest absolute Gasteiger partial charge is 0.465 e. The molecular weight excluding hydrogens is 290 g/mol. The minimum atomic E-state index is -1.82. The maximum atomic E-state index is 10.4. The molecule has 0 aliphatic rings. The summed E-state index contributed by atoms with van der Waals surface area (Å²) in [7, 11) is -1.82. The Kier molecular flexibility index (Phi) is 5.99. The van der Waals surface area contributed by atoms with Gasteiger partial charge in [0.05, 0.1) is 6.10 Å². The SMILES string of the molecule is CC(C)(C)[Si](C)(C)OC(CBr)CNC(=O)O. The first-order valence-corrected chi connectivity index (χ1v) is 9.33. The van der Waals surface area contributed by atoms with Crippen molar-refractivity contribution in [2.45, 2.75) is 45.0 Å². The van der Waals surface area contributed by atoms with Crippen LogP contribution in [-0.4, -0.2) is 37.5 Å². The van der Waals surface area contributed by atoms with Crippen LogP contribution in [0.4, 0.5) is 4.79 Å². The van der Waals surface area contributed by atoms with E-state index in [1.54, 1.807) is 0 Å². The maximum absolute atomic E-state index is 10.4. The number of halogens is 1. The summed E-state index contributed by atoms with van der Waals surface area (Å²) in [6.07, 6.45) is -1.11. The van der Waals surface area contributed by atoms with Crippen molar-refractivity contribution in [1.29, 1.82) is 0 Å². The van der Waals surface area contributed by atoms with Crippen molar-refractivity contribution < 1.29 is 14.3 Å². The Morgan fingerprint density at radius 1 is 1.50 bits per heavy atom. The average molecular weight is 312 g/mol. The third kappa shape index (κ3) is 5.31. The van der Waals surface area contributed by atoms with E-state index in [1.807, 2.05) is 0 Å². The Balaban J connectivity index is 4.36. The minimum absolute atomic E-state index is 0.100. The number of alkyl halides is 1. The van der Waals surface area contributed by atoms with Gasteiger partial charge in [-0.3, -0.25) is 0 Å². The zero-order valence-corrected chi connectivity index (χ0v) is 13.2. The topological polar surface area (TPSA) is 58.6 Å². The molecule has 0 heterocycles. The molecule has 0 spiro atoms. The molecule has 1 unspecified atom stereocenters. The summed E-state index contributed by atoms with van der Waals surface area (Å²) >= 11 is 3.35. The predicted octanol–water partition coefficient (Wildman–Crippen LogP) is 3.04. The fraction of sp³-hybridized carbons (Fsp3) is 0.900. The highest BCUT2D eigenvalue weighted by atomic mass is 79.9. The Hall–Kier alpha value is -0.0731. The van der Waals surface area contributed by atoms with E-state index in [-0.39, 0.29) is 11.1 Å². The van der Waals surface area contributed by atoms with E-state index >= 15 is 0 Å². The van der Waals surface area contributed by atoms with Gasteiger partial charge in [-0.05, 0) is 18.1 Å². The standard InChI is InChI=1S/C10H22BrNO3Si/c1-10(2,3)16(4,5)15-8(6-11)7-12-9(13)14/h8,12H,6-7H2,1-5H3,(H,13,14). The van der Waals surface area contributed by atoms with Gasteiger partial charge in [-0.2, -0.15) is 0 Å². The lowest BCUT2D eigenvalue weighted by molar-refractivity contribution is 0.173. The third-order valence-corrected chi connectivity index (χ3v) is 8.18. The lowest BCUT2D eigenvalue weighted by Crippen LogP contribution is -2.47. The van der Waals surface area contributed by atoms with E-state index in [1.165, 1.54) is 0 Å². The Morgan fingerprint density at radius 2 is 2.00 bits per heavy atom. The Morgan fingerprint density at radius 3 is 2.31 bits per heavy atom. The van der Waals surface area contributed by atoms with Crippen molar-refractivity contribution in [2.24, 2.45) is 0 Å². The first-order valence-electron chi connectivity index (χ1n) is 5.30. The summed E-state index contributed by atoms with van der Waals surface area (Å²) in [6.45, 7) is 11.1. The number of hydrogen-bond donors (Lipinski definition) is 2. The van der Waals surface area contributed by atoms with Crippen LogP contribution in [0.25, 0.3) is 0 Å². The first-order chi connectivity index (χ1) is 7.10. The zero-order chi connectivity index (χ0) is 13.0. The molecule has 0 rings (SSSR count). The van der Waals surface area contributed by atoms with Crippen LogP contribution in [0, 0.1) is 0 Å².